The number of carbonyl (C=O) groups excluding carboxylic acids is 1. The van der Waals surface area contributed by atoms with Crippen molar-refractivity contribution in [1.82, 2.24) is 10.6 Å². The molecular formula is C34H54N2O4Si. The van der Waals surface area contributed by atoms with E-state index in [-0.39, 0.29) is 35.3 Å². The van der Waals surface area contributed by atoms with Crippen molar-refractivity contribution in [3.05, 3.63) is 64.7 Å². The fourth-order valence-corrected chi connectivity index (χ4v) is 6.68. The summed E-state index contributed by atoms with van der Waals surface area (Å²) in [4.78, 5) is 23.5. The highest BCUT2D eigenvalue weighted by molar-refractivity contribution is 6.72. The van der Waals surface area contributed by atoms with Crippen LogP contribution in [0.15, 0.2) is 42.5 Å². The van der Waals surface area contributed by atoms with Crippen LogP contribution in [-0.4, -0.2) is 48.4 Å². The van der Waals surface area contributed by atoms with E-state index in [1.165, 1.54) is 37.7 Å². The standard InChI is InChI=1S/C34H54N2O4Si/c1-25(18-27-12-9-13-28(19-27)20-33(39)35-17-16-26-10-7-6-8-11-26)36-23-31(22-34(2,3)41(4,5)40)29-14-15-32(38)30(21-29)24-37/h9,12-15,19,21,25-26,31,36-38,40H,6-8,10-11,16-18,20,22-24H2,1-5H3,(H,35,39)/t25-,31+/m1/s1. The number of carbonyl (C=O) groups is 1. The molecule has 3 rings (SSSR count). The Morgan fingerprint density at radius 2 is 1.78 bits per heavy atom. The van der Waals surface area contributed by atoms with Crippen molar-refractivity contribution in [2.45, 2.75) is 115 Å². The topological polar surface area (TPSA) is 102 Å². The number of hydrogen-bond acceptors (Lipinski definition) is 5. The summed E-state index contributed by atoms with van der Waals surface area (Å²) in [5, 5.41) is 26.4. The summed E-state index contributed by atoms with van der Waals surface area (Å²) >= 11 is 0. The molecule has 5 N–H and O–H groups in total. The molecule has 1 fully saturated rings. The average molecular weight is 583 g/mol. The first-order chi connectivity index (χ1) is 19.4. The van der Waals surface area contributed by atoms with Gasteiger partial charge in [-0.2, -0.15) is 0 Å². The second kappa shape index (κ2) is 15.3. The number of rotatable bonds is 15. The van der Waals surface area contributed by atoms with Gasteiger partial charge in [-0.1, -0.05) is 76.3 Å². The minimum absolute atomic E-state index is 0.0982. The molecule has 0 aliphatic heterocycles. The van der Waals surface area contributed by atoms with E-state index < -0.39 is 8.32 Å². The largest absolute Gasteiger partial charge is 0.508 e. The number of aliphatic hydroxyl groups is 1. The normalized spacial score (nSPS) is 16.4. The van der Waals surface area contributed by atoms with Gasteiger partial charge in [0.2, 0.25) is 5.91 Å². The van der Waals surface area contributed by atoms with Crippen LogP contribution in [0.4, 0.5) is 0 Å². The molecule has 0 bridgehead atoms. The fraction of sp³-hybridized carbons (Fsp3) is 0.618. The molecule has 1 aliphatic carbocycles. The van der Waals surface area contributed by atoms with Crippen LogP contribution in [-0.2, 0) is 24.2 Å². The Morgan fingerprint density at radius 3 is 2.46 bits per heavy atom. The monoisotopic (exact) mass is 582 g/mol. The minimum Gasteiger partial charge on any atom is -0.508 e. The van der Waals surface area contributed by atoms with Crippen molar-refractivity contribution in [2.75, 3.05) is 13.1 Å². The van der Waals surface area contributed by atoms with Gasteiger partial charge in [0.05, 0.1) is 13.0 Å². The lowest BCUT2D eigenvalue weighted by Gasteiger charge is -2.38. The predicted octanol–water partition coefficient (Wildman–Crippen LogP) is 6.19. The lowest BCUT2D eigenvalue weighted by atomic mass is 9.87. The van der Waals surface area contributed by atoms with Crippen LogP contribution in [0.5, 0.6) is 5.75 Å². The van der Waals surface area contributed by atoms with Crippen molar-refractivity contribution >= 4 is 14.2 Å². The zero-order valence-corrected chi connectivity index (χ0v) is 27.0. The summed E-state index contributed by atoms with van der Waals surface area (Å²) < 4.78 is 0. The van der Waals surface area contributed by atoms with Crippen LogP contribution in [0.1, 0.15) is 93.9 Å². The molecule has 0 aromatic heterocycles. The Labute approximate surface area is 249 Å². The van der Waals surface area contributed by atoms with Gasteiger partial charge >= 0.3 is 0 Å². The lowest BCUT2D eigenvalue weighted by molar-refractivity contribution is -0.120. The number of aliphatic hydroxyl groups excluding tert-OH is 1. The number of benzene rings is 2. The molecule has 0 saturated heterocycles. The average Bonchev–Trinajstić information content (AvgIpc) is 2.91. The van der Waals surface area contributed by atoms with Gasteiger partial charge in [-0.15, -0.1) is 0 Å². The number of hydrogen-bond donors (Lipinski definition) is 5. The molecule has 228 valence electrons. The summed E-state index contributed by atoms with van der Waals surface area (Å²) in [5.41, 5.74) is 3.81. The van der Waals surface area contributed by atoms with Crippen molar-refractivity contribution in [3.63, 3.8) is 0 Å². The summed E-state index contributed by atoms with van der Waals surface area (Å²) in [5.74, 6) is 1.09. The number of phenols is 1. The van der Waals surface area contributed by atoms with Crippen LogP contribution in [0.2, 0.25) is 18.1 Å². The van der Waals surface area contributed by atoms with Gasteiger partial charge in [-0.05, 0) is 85.0 Å². The molecule has 2 aromatic carbocycles. The Hall–Kier alpha value is -2.19. The van der Waals surface area contributed by atoms with Gasteiger partial charge in [0.1, 0.15) is 5.75 Å². The van der Waals surface area contributed by atoms with Crippen molar-refractivity contribution < 1.29 is 19.8 Å². The first kappa shape index (κ1) is 33.3. The molecule has 0 radical (unpaired) electrons. The highest BCUT2D eigenvalue weighted by Crippen LogP contribution is 2.44. The molecule has 7 heteroatoms. The summed E-state index contributed by atoms with van der Waals surface area (Å²) in [6.45, 7) is 11.7. The Morgan fingerprint density at radius 1 is 1.07 bits per heavy atom. The molecule has 2 aromatic rings. The van der Waals surface area contributed by atoms with Crippen molar-refractivity contribution in [1.29, 1.82) is 0 Å². The van der Waals surface area contributed by atoms with E-state index in [4.69, 9.17) is 0 Å². The van der Waals surface area contributed by atoms with E-state index in [9.17, 15) is 19.8 Å². The molecule has 1 aliphatic rings. The van der Waals surface area contributed by atoms with Crippen LogP contribution in [0.25, 0.3) is 0 Å². The summed E-state index contributed by atoms with van der Waals surface area (Å²) in [6.07, 6.45) is 9.78. The molecule has 1 saturated carbocycles. The van der Waals surface area contributed by atoms with Gasteiger partial charge in [-0.3, -0.25) is 4.79 Å². The molecule has 0 unspecified atom stereocenters. The maximum atomic E-state index is 12.6. The van der Waals surface area contributed by atoms with E-state index >= 15 is 0 Å². The van der Waals surface area contributed by atoms with Gasteiger partial charge in [0.25, 0.3) is 0 Å². The van der Waals surface area contributed by atoms with E-state index in [2.05, 4.69) is 43.5 Å². The molecule has 6 nitrogen and oxygen atoms in total. The third kappa shape index (κ3) is 10.5. The van der Waals surface area contributed by atoms with Crippen molar-refractivity contribution in [2.24, 2.45) is 5.92 Å². The van der Waals surface area contributed by atoms with E-state index in [0.717, 1.165) is 42.9 Å². The Kier molecular flexibility index (Phi) is 12.5. The second-order valence-electron chi connectivity index (χ2n) is 13.5. The maximum absolute atomic E-state index is 12.6. The second-order valence-corrected chi connectivity index (χ2v) is 18.0. The van der Waals surface area contributed by atoms with Gasteiger partial charge in [0.15, 0.2) is 8.32 Å². The molecule has 41 heavy (non-hydrogen) atoms. The van der Waals surface area contributed by atoms with Crippen LogP contribution >= 0.6 is 0 Å². The van der Waals surface area contributed by atoms with Gasteiger partial charge in [-0.25, -0.2) is 0 Å². The Balaban J connectivity index is 1.57. The Bertz CT molecular complexity index is 1110. The first-order valence-electron chi connectivity index (χ1n) is 15.6. The quantitative estimate of drug-likeness (QED) is 0.161. The third-order valence-corrected chi connectivity index (χ3v) is 12.9. The summed E-state index contributed by atoms with van der Waals surface area (Å²) in [6, 6.07) is 14.0. The first-order valence-corrected chi connectivity index (χ1v) is 18.6. The van der Waals surface area contributed by atoms with E-state index in [0.29, 0.717) is 18.5 Å². The highest BCUT2D eigenvalue weighted by Gasteiger charge is 2.40. The van der Waals surface area contributed by atoms with Crippen LogP contribution in [0.3, 0.4) is 0 Å². The third-order valence-electron chi connectivity index (χ3n) is 9.37. The van der Waals surface area contributed by atoms with Gasteiger partial charge in [0, 0.05) is 24.7 Å². The lowest BCUT2D eigenvalue weighted by Crippen LogP contribution is -2.41. The summed E-state index contributed by atoms with van der Waals surface area (Å²) in [7, 11) is -2.43. The van der Waals surface area contributed by atoms with Gasteiger partial charge < -0.3 is 25.6 Å². The smallest absolute Gasteiger partial charge is 0.224 e. The van der Waals surface area contributed by atoms with Crippen LogP contribution < -0.4 is 10.6 Å². The highest BCUT2D eigenvalue weighted by atomic mass is 28.4. The van der Waals surface area contributed by atoms with E-state index in [1.807, 2.05) is 37.4 Å². The maximum Gasteiger partial charge on any atom is 0.224 e. The fourth-order valence-electron chi connectivity index (χ4n) is 5.93. The van der Waals surface area contributed by atoms with E-state index in [1.54, 1.807) is 6.07 Å². The molecule has 2 atom stereocenters. The van der Waals surface area contributed by atoms with Crippen molar-refractivity contribution in [3.8, 4) is 5.75 Å². The predicted molar refractivity (Wildman–Crippen MR) is 171 cm³/mol. The number of amides is 1. The minimum atomic E-state index is -2.43. The molecular weight excluding hydrogens is 528 g/mol. The molecule has 1 amide bonds. The zero-order chi connectivity index (χ0) is 30.0. The number of aromatic hydroxyl groups is 1. The SMILES string of the molecule is C[C@H](Cc1cccc(CC(=O)NCCC2CCCCC2)c1)NC[C@H](CC(C)(C)[Si](C)(C)O)c1ccc(O)c(CO)c1. The van der Waals surface area contributed by atoms with Crippen LogP contribution in [0, 0.1) is 5.92 Å². The zero-order valence-electron chi connectivity index (χ0n) is 26.0. The molecule has 0 heterocycles. The molecule has 0 spiro atoms. The number of nitrogens with one attached hydrogen (secondary N) is 2.